The summed E-state index contributed by atoms with van der Waals surface area (Å²) in [6.07, 6.45) is 3.09. The molecule has 0 spiro atoms. The molecular formula is C17H28N2. The molecule has 0 saturated heterocycles. The van der Waals surface area contributed by atoms with E-state index in [4.69, 9.17) is 0 Å². The van der Waals surface area contributed by atoms with Gasteiger partial charge >= 0.3 is 0 Å². The molecule has 0 radical (unpaired) electrons. The number of nitrogens with zero attached hydrogens (tertiary/aromatic N) is 1. The van der Waals surface area contributed by atoms with Gasteiger partial charge in [0, 0.05) is 19.1 Å². The van der Waals surface area contributed by atoms with Gasteiger partial charge < -0.3 is 5.32 Å². The van der Waals surface area contributed by atoms with Gasteiger partial charge in [-0.1, -0.05) is 37.3 Å². The third kappa shape index (κ3) is 5.58. The zero-order valence-corrected chi connectivity index (χ0v) is 12.7. The van der Waals surface area contributed by atoms with Crippen LogP contribution in [0.4, 0.5) is 0 Å². The second kappa shape index (κ2) is 8.89. The van der Waals surface area contributed by atoms with Crippen molar-refractivity contribution in [2.24, 2.45) is 0 Å². The first-order valence-electron chi connectivity index (χ1n) is 7.31. The summed E-state index contributed by atoms with van der Waals surface area (Å²) in [5.74, 6) is 0. The molecule has 0 saturated carbocycles. The second-order valence-corrected chi connectivity index (χ2v) is 5.18. The summed E-state index contributed by atoms with van der Waals surface area (Å²) in [5.41, 5.74) is 2.90. The fourth-order valence-corrected chi connectivity index (χ4v) is 2.20. The van der Waals surface area contributed by atoms with Crippen LogP contribution in [0.2, 0.25) is 0 Å². The monoisotopic (exact) mass is 260 g/mol. The molecule has 1 aromatic rings. The fraction of sp³-hybridized carbons (Fsp3) is 0.529. The Balaban J connectivity index is 2.72. The van der Waals surface area contributed by atoms with Crippen LogP contribution in [-0.2, 0) is 13.0 Å². The maximum absolute atomic E-state index is 3.86. The Morgan fingerprint density at radius 3 is 2.53 bits per heavy atom. The van der Waals surface area contributed by atoms with Crippen LogP contribution in [0.25, 0.3) is 0 Å². The van der Waals surface area contributed by atoms with Gasteiger partial charge in [-0.15, -0.1) is 6.58 Å². The van der Waals surface area contributed by atoms with E-state index in [1.54, 1.807) is 0 Å². The number of benzene rings is 1. The first kappa shape index (κ1) is 15.9. The summed E-state index contributed by atoms with van der Waals surface area (Å²) in [6, 6.07) is 9.31. The van der Waals surface area contributed by atoms with E-state index in [0.29, 0.717) is 6.04 Å². The summed E-state index contributed by atoms with van der Waals surface area (Å²) in [5, 5.41) is 3.40. The van der Waals surface area contributed by atoms with Crippen molar-refractivity contribution in [2.75, 3.05) is 19.6 Å². The highest BCUT2D eigenvalue weighted by Gasteiger charge is 2.10. The number of rotatable bonds is 9. The molecule has 2 heteroatoms. The molecule has 1 N–H and O–H groups in total. The lowest BCUT2D eigenvalue weighted by molar-refractivity contribution is 0.237. The molecule has 0 heterocycles. The highest BCUT2D eigenvalue weighted by atomic mass is 15.1. The molecule has 0 amide bonds. The average Bonchev–Trinajstić information content (AvgIpc) is 2.40. The lowest BCUT2D eigenvalue weighted by Crippen LogP contribution is -2.31. The Labute approximate surface area is 118 Å². The maximum Gasteiger partial charge on any atom is 0.0242 e. The van der Waals surface area contributed by atoms with Crippen molar-refractivity contribution in [3.63, 3.8) is 0 Å². The van der Waals surface area contributed by atoms with E-state index in [9.17, 15) is 0 Å². The third-order valence-electron chi connectivity index (χ3n) is 3.41. The minimum atomic E-state index is 0.542. The fourth-order valence-electron chi connectivity index (χ4n) is 2.20. The van der Waals surface area contributed by atoms with Crippen molar-refractivity contribution in [3.05, 3.63) is 48.0 Å². The van der Waals surface area contributed by atoms with E-state index in [1.165, 1.54) is 11.1 Å². The maximum atomic E-state index is 3.86. The molecule has 0 aliphatic carbocycles. The van der Waals surface area contributed by atoms with E-state index in [1.807, 2.05) is 6.08 Å². The number of likely N-dealkylation sites (N-methyl/N-ethyl adjacent to an activating group) is 1. The second-order valence-electron chi connectivity index (χ2n) is 5.18. The first-order chi connectivity index (χ1) is 9.19. The number of nitrogens with one attached hydrogen (secondary N) is 1. The van der Waals surface area contributed by atoms with Gasteiger partial charge in [-0.3, -0.25) is 4.90 Å². The van der Waals surface area contributed by atoms with Crippen LogP contribution in [-0.4, -0.2) is 30.6 Å². The van der Waals surface area contributed by atoms with Crippen molar-refractivity contribution in [2.45, 2.75) is 39.8 Å². The molecule has 0 aromatic heterocycles. The van der Waals surface area contributed by atoms with Crippen molar-refractivity contribution in [3.8, 4) is 0 Å². The smallest absolute Gasteiger partial charge is 0.0242 e. The van der Waals surface area contributed by atoms with Gasteiger partial charge in [0.15, 0.2) is 0 Å². The molecule has 0 atom stereocenters. The molecule has 106 valence electrons. The van der Waals surface area contributed by atoms with Crippen molar-refractivity contribution < 1.29 is 0 Å². The van der Waals surface area contributed by atoms with Crippen LogP contribution in [0.15, 0.2) is 36.9 Å². The van der Waals surface area contributed by atoms with Crippen LogP contribution in [0.5, 0.6) is 0 Å². The Kier molecular flexibility index (Phi) is 7.46. The molecule has 2 nitrogen and oxygen atoms in total. The minimum Gasteiger partial charge on any atom is -0.317 e. The van der Waals surface area contributed by atoms with Crippen molar-refractivity contribution in [1.82, 2.24) is 10.2 Å². The Bertz CT molecular complexity index is 371. The average molecular weight is 260 g/mol. The summed E-state index contributed by atoms with van der Waals surface area (Å²) in [4.78, 5) is 2.44. The summed E-state index contributed by atoms with van der Waals surface area (Å²) < 4.78 is 0. The normalized spacial score (nSPS) is 11.2. The standard InChI is InChI=1S/C17H28N2/c1-5-13-19(15(3)4)14-17-10-8-7-9-16(17)11-12-18-6-2/h5,7-10,15,18H,1,6,11-14H2,2-4H3. The zero-order chi connectivity index (χ0) is 14.1. The van der Waals surface area contributed by atoms with Crippen molar-refractivity contribution >= 4 is 0 Å². The van der Waals surface area contributed by atoms with Crippen molar-refractivity contribution in [1.29, 1.82) is 0 Å². The lowest BCUT2D eigenvalue weighted by atomic mass is 10.0. The highest BCUT2D eigenvalue weighted by molar-refractivity contribution is 5.27. The van der Waals surface area contributed by atoms with E-state index in [2.05, 4.69) is 61.8 Å². The molecule has 0 fully saturated rings. The van der Waals surface area contributed by atoms with Crippen LogP contribution < -0.4 is 5.32 Å². The molecular weight excluding hydrogens is 232 g/mol. The SMILES string of the molecule is C=CCN(Cc1ccccc1CCNCC)C(C)C. The first-order valence-corrected chi connectivity index (χ1v) is 7.31. The van der Waals surface area contributed by atoms with Gasteiger partial charge in [0.2, 0.25) is 0 Å². The van der Waals surface area contributed by atoms with Crippen LogP contribution in [0.3, 0.4) is 0 Å². The van der Waals surface area contributed by atoms with Gasteiger partial charge in [-0.2, -0.15) is 0 Å². The van der Waals surface area contributed by atoms with Gasteiger partial charge in [-0.25, -0.2) is 0 Å². The Morgan fingerprint density at radius 2 is 1.95 bits per heavy atom. The Morgan fingerprint density at radius 1 is 1.26 bits per heavy atom. The molecule has 19 heavy (non-hydrogen) atoms. The highest BCUT2D eigenvalue weighted by Crippen LogP contribution is 2.14. The molecule has 1 aromatic carbocycles. The Hall–Kier alpha value is -1.12. The molecule has 0 aliphatic rings. The van der Waals surface area contributed by atoms with Gasteiger partial charge in [0.1, 0.15) is 0 Å². The van der Waals surface area contributed by atoms with E-state index in [-0.39, 0.29) is 0 Å². The summed E-state index contributed by atoms with van der Waals surface area (Å²) in [7, 11) is 0. The molecule has 0 bridgehead atoms. The van der Waals surface area contributed by atoms with Gasteiger partial charge in [-0.05, 0) is 44.5 Å². The molecule has 0 aliphatic heterocycles. The van der Waals surface area contributed by atoms with Crippen LogP contribution >= 0.6 is 0 Å². The quantitative estimate of drug-likeness (QED) is 0.542. The lowest BCUT2D eigenvalue weighted by Gasteiger charge is -2.26. The summed E-state index contributed by atoms with van der Waals surface area (Å²) in [6.45, 7) is 14.5. The van der Waals surface area contributed by atoms with Gasteiger partial charge in [0.25, 0.3) is 0 Å². The number of hydrogen-bond acceptors (Lipinski definition) is 2. The van der Waals surface area contributed by atoms with E-state index >= 15 is 0 Å². The minimum absolute atomic E-state index is 0.542. The third-order valence-corrected chi connectivity index (χ3v) is 3.41. The van der Waals surface area contributed by atoms with Gasteiger partial charge in [0.05, 0.1) is 0 Å². The van der Waals surface area contributed by atoms with Crippen LogP contribution in [0, 0.1) is 0 Å². The van der Waals surface area contributed by atoms with Crippen LogP contribution in [0.1, 0.15) is 31.9 Å². The predicted molar refractivity (Wildman–Crippen MR) is 84.4 cm³/mol. The molecule has 0 unspecified atom stereocenters. The predicted octanol–water partition coefficient (Wildman–Crippen LogP) is 3.24. The zero-order valence-electron chi connectivity index (χ0n) is 12.7. The van der Waals surface area contributed by atoms with E-state index in [0.717, 1.165) is 32.6 Å². The number of hydrogen-bond donors (Lipinski definition) is 1. The topological polar surface area (TPSA) is 15.3 Å². The summed E-state index contributed by atoms with van der Waals surface area (Å²) >= 11 is 0. The largest absolute Gasteiger partial charge is 0.317 e. The molecule has 1 rings (SSSR count). The van der Waals surface area contributed by atoms with E-state index < -0.39 is 0 Å².